The Balaban J connectivity index is 1.67. The summed E-state index contributed by atoms with van der Waals surface area (Å²) in [5.41, 5.74) is 11.4. The fourth-order valence-corrected chi connectivity index (χ4v) is 5.00. The molecule has 31 heavy (non-hydrogen) atoms. The fourth-order valence-electron chi connectivity index (χ4n) is 5.00. The summed E-state index contributed by atoms with van der Waals surface area (Å²) in [4.78, 5) is 5.16. The summed E-state index contributed by atoms with van der Waals surface area (Å²) in [5.74, 6) is 1.45. The second-order valence-electron chi connectivity index (χ2n) is 8.64. The second kappa shape index (κ2) is 6.95. The topological polar surface area (TPSA) is 17.8 Å². The van der Waals surface area contributed by atoms with Crippen LogP contribution in [-0.4, -0.2) is 9.55 Å². The molecule has 1 aliphatic carbocycles. The van der Waals surface area contributed by atoms with Crippen molar-refractivity contribution < 1.29 is 0 Å². The van der Waals surface area contributed by atoms with Gasteiger partial charge in [0.15, 0.2) is 0 Å². The van der Waals surface area contributed by atoms with E-state index in [4.69, 9.17) is 4.98 Å². The molecule has 0 N–H and O–H groups in total. The molecule has 1 heterocycles. The van der Waals surface area contributed by atoms with Crippen LogP contribution >= 0.6 is 0 Å². The molecular weight excluding hydrogens is 376 g/mol. The molecule has 0 saturated carbocycles. The quantitative estimate of drug-likeness (QED) is 0.303. The van der Waals surface area contributed by atoms with Gasteiger partial charge in [-0.1, -0.05) is 86.6 Å². The standard InChI is InChI=1S/C29H24N2/c1-19(2)21-11-5-7-16-27(21)31-28-17-8-6-15-26(28)30-29(31)24-14-9-13-23-22-12-4-3-10-20(22)18-25(23)24/h3-17,19H,18H2,1-2H3. The van der Waals surface area contributed by atoms with Gasteiger partial charge in [0.2, 0.25) is 0 Å². The highest BCUT2D eigenvalue weighted by Gasteiger charge is 2.25. The van der Waals surface area contributed by atoms with E-state index < -0.39 is 0 Å². The van der Waals surface area contributed by atoms with Gasteiger partial charge < -0.3 is 0 Å². The third-order valence-electron chi connectivity index (χ3n) is 6.45. The Kier molecular flexibility index (Phi) is 4.07. The molecule has 0 bridgehead atoms. The number of hydrogen-bond donors (Lipinski definition) is 0. The summed E-state index contributed by atoms with van der Waals surface area (Å²) < 4.78 is 2.36. The molecule has 0 fully saturated rings. The molecule has 5 aromatic rings. The van der Waals surface area contributed by atoms with Crippen LogP contribution in [0.1, 0.15) is 36.5 Å². The summed E-state index contributed by atoms with van der Waals surface area (Å²) in [6, 6.07) is 32.6. The van der Waals surface area contributed by atoms with Crippen LogP contribution in [-0.2, 0) is 6.42 Å². The number of hydrogen-bond acceptors (Lipinski definition) is 1. The lowest BCUT2D eigenvalue weighted by atomic mass is 9.99. The maximum absolute atomic E-state index is 5.16. The molecule has 0 unspecified atom stereocenters. The average molecular weight is 401 g/mol. The lowest BCUT2D eigenvalue weighted by Gasteiger charge is -2.18. The van der Waals surface area contributed by atoms with E-state index in [0.717, 1.165) is 23.3 Å². The highest BCUT2D eigenvalue weighted by Crippen LogP contribution is 2.42. The van der Waals surface area contributed by atoms with Crippen molar-refractivity contribution in [3.05, 3.63) is 108 Å². The second-order valence-corrected chi connectivity index (χ2v) is 8.64. The first-order valence-electron chi connectivity index (χ1n) is 11.0. The number of rotatable bonds is 3. The normalized spacial score (nSPS) is 12.4. The molecule has 0 amide bonds. The predicted molar refractivity (Wildman–Crippen MR) is 129 cm³/mol. The number of benzene rings is 4. The molecule has 0 atom stereocenters. The van der Waals surface area contributed by atoms with Crippen LogP contribution in [0.15, 0.2) is 91.0 Å². The van der Waals surface area contributed by atoms with Gasteiger partial charge in [0.1, 0.15) is 5.82 Å². The largest absolute Gasteiger partial charge is 0.292 e. The first-order chi connectivity index (χ1) is 15.2. The van der Waals surface area contributed by atoms with Crippen LogP contribution in [0.4, 0.5) is 0 Å². The minimum atomic E-state index is 0.427. The maximum atomic E-state index is 5.16. The first kappa shape index (κ1) is 18.1. The van der Waals surface area contributed by atoms with Gasteiger partial charge in [0, 0.05) is 5.56 Å². The highest BCUT2D eigenvalue weighted by atomic mass is 15.1. The molecule has 2 nitrogen and oxygen atoms in total. The molecule has 0 spiro atoms. The summed E-state index contributed by atoms with van der Waals surface area (Å²) >= 11 is 0. The number of nitrogens with zero attached hydrogens (tertiary/aromatic N) is 2. The van der Waals surface area contributed by atoms with E-state index in [2.05, 4.69) is 109 Å². The Morgan fingerprint density at radius 3 is 2.32 bits per heavy atom. The Morgan fingerprint density at radius 1 is 0.710 bits per heavy atom. The minimum Gasteiger partial charge on any atom is -0.292 e. The van der Waals surface area contributed by atoms with Crippen molar-refractivity contribution in [3.63, 3.8) is 0 Å². The van der Waals surface area contributed by atoms with E-state index in [9.17, 15) is 0 Å². The van der Waals surface area contributed by atoms with Crippen LogP contribution in [0, 0.1) is 0 Å². The maximum Gasteiger partial charge on any atom is 0.146 e. The zero-order chi connectivity index (χ0) is 20.9. The predicted octanol–water partition coefficient (Wildman–Crippen LogP) is 7.39. The third kappa shape index (κ3) is 2.75. The fraction of sp³-hybridized carbons (Fsp3) is 0.138. The number of aromatic nitrogens is 2. The zero-order valence-corrected chi connectivity index (χ0v) is 17.8. The first-order valence-corrected chi connectivity index (χ1v) is 11.0. The van der Waals surface area contributed by atoms with Gasteiger partial charge in [0.05, 0.1) is 16.7 Å². The van der Waals surface area contributed by atoms with Gasteiger partial charge in [-0.05, 0) is 58.4 Å². The van der Waals surface area contributed by atoms with Crippen molar-refractivity contribution in [2.24, 2.45) is 0 Å². The van der Waals surface area contributed by atoms with Gasteiger partial charge in [-0.3, -0.25) is 4.57 Å². The van der Waals surface area contributed by atoms with E-state index in [1.807, 2.05) is 0 Å². The van der Waals surface area contributed by atoms with Crippen LogP contribution in [0.2, 0.25) is 0 Å². The van der Waals surface area contributed by atoms with E-state index >= 15 is 0 Å². The summed E-state index contributed by atoms with van der Waals surface area (Å²) in [6.45, 7) is 4.52. The molecular formula is C29H24N2. The van der Waals surface area contributed by atoms with Crippen LogP contribution in [0.5, 0.6) is 0 Å². The number of para-hydroxylation sites is 3. The molecule has 1 aromatic heterocycles. The Morgan fingerprint density at radius 2 is 1.42 bits per heavy atom. The molecule has 0 radical (unpaired) electrons. The molecule has 6 rings (SSSR count). The molecule has 4 aromatic carbocycles. The van der Waals surface area contributed by atoms with Gasteiger partial charge in [0.25, 0.3) is 0 Å². The zero-order valence-electron chi connectivity index (χ0n) is 17.8. The Hall–Kier alpha value is -3.65. The minimum absolute atomic E-state index is 0.427. The van der Waals surface area contributed by atoms with Gasteiger partial charge in [-0.2, -0.15) is 0 Å². The van der Waals surface area contributed by atoms with Crippen molar-refractivity contribution >= 4 is 11.0 Å². The van der Waals surface area contributed by atoms with Crippen molar-refractivity contribution in [2.75, 3.05) is 0 Å². The van der Waals surface area contributed by atoms with Gasteiger partial charge >= 0.3 is 0 Å². The summed E-state index contributed by atoms with van der Waals surface area (Å²) in [7, 11) is 0. The molecule has 1 aliphatic rings. The van der Waals surface area contributed by atoms with Gasteiger partial charge in [-0.25, -0.2) is 4.98 Å². The average Bonchev–Trinajstić information content (AvgIpc) is 3.37. The molecule has 0 saturated heterocycles. The van der Waals surface area contributed by atoms with Crippen molar-refractivity contribution in [1.29, 1.82) is 0 Å². The van der Waals surface area contributed by atoms with Crippen molar-refractivity contribution in [3.8, 4) is 28.2 Å². The molecule has 150 valence electrons. The Labute approximate surface area is 182 Å². The number of imidazole rings is 1. The van der Waals surface area contributed by atoms with Crippen molar-refractivity contribution in [1.82, 2.24) is 9.55 Å². The molecule has 0 aliphatic heterocycles. The van der Waals surface area contributed by atoms with Crippen LogP contribution in [0.3, 0.4) is 0 Å². The summed E-state index contributed by atoms with van der Waals surface area (Å²) in [5, 5.41) is 0. The number of fused-ring (bicyclic) bond motifs is 4. The lowest BCUT2D eigenvalue weighted by Crippen LogP contribution is -2.04. The van der Waals surface area contributed by atoms with Gasteiger partial charge in [-0.15, -0.1) is 0 Å². The Bertz CT molecular complexity index is 1440. The third-order valence-corrected chi connectivity index (χ3v) is 6.45. The lowest BCUT2D eigenvalue weighted by molar-refractivity contribution is 0.850. The van der Waals surface area contributed by atoms with Crippen LogP contribution < -0.4 is 0 Å². The smallest absolute Gasteiger partial charge is 0.146 e. The highest BCUT2D eigenvalue weighted by molar-refractivity contribution is 5.88. The van der Waals surface area contributed by atoms with E-state index in [1.165, 1.54) is 39.1 Å². The van der Waals surface area contributed by atoms with E-state index in [0.29, 0.717) is 5.92 Å². The SMILES string of the molecule is CC(C)c1ccccc1-n1c(-c2cccc3c2Cc2ccccc2-3)nc2ccccc21. The summed E-state index contributed by atoms with van der Waals surface area (Å²) in [6.07, 6.45) is 0.955. The van der Waals surface area contributed by atoms with Crippen LogP contribution in [0.25, 0.3) is 39.2 Å². The monoisotopic (exact) mass is 400 g/mol. The van der Waals surface area contributed by atoms with E-state index in [-0.39, 0.29) is 0 Å². The van der Waals surface area contributed by atoms with Crippen molar-refractivity contribution in [2.45, 2.75) is 26.2 Å². The molecule has 2 heteroatoms. The van der Waals surface area contributed by atoms with E-state index in [1.54, 1.807) is 0 Å².